The van der Waals surface area contributed by atoms with E-state index in [1.165, 1.54) is 18.0 Å². The van der Waals surface area contributed by atoms with Crippen molar-refractivity contribution in [2.24, 2.45) is 0 Å². The lowest BCUT2D eigenvalue weighted by molar-refractivity contribution is 0.0722. The van der Waals surface area contributed by atoms with Gasteiger partial charge < -0.3 is 10.4 Å². The van der Waals surface area contributed by atoms with E-state index in [-0.39, 0.29) is 18.1 Å². The molecule has 6 heteroatoms. The summed E-state index contributed by atoms with van der Waals surface area (Å²) in [6.07, 6.45) is 3.35. The van der Waals surface area contributed by atoms with Crippen LogP contribution < -0.4 is 5.32 Å². The Bertz CT molecular complexity index is 616. The molecule has 1 amide bonds. The zero-order valence-electron chi connectivity index (χ0n) is 11.5. The van der Waals surface area contributed by atoms with Gasteiger partial charge in [-0.3, -0.25) is 9.78 Å². The highest BCUT2D eigenvalue weighted by Crippen LogP contribution is 2.10. The van der Waals surface area contributed by atoms with Gasteiger partial charge in [0.25, 0.3) is 5.91 Å². The highest BCUT2D eigenvalue weighted by Gasteiger charge is 2.21. The molecule has 2 rings (SSSR count). The Kier molecular flexibility index (Phi) is 4.57. The van der Waals surface area contributed by atoms with E-state index in [2.05, 4.69) is 15.3 Å². The molecule has 0 aliphatic carbocycles. The zero-order valence-corrected chi connectivity index (χ0v) is 12.3. The van der Waals surface area contributed by atoms with E-state index in [9.17, 15) is 9.90 Å². The van der Waals surface area contributed by atoms with Gasteiger partial charge in [-0.2, -0.15) is 11.8 Å². The van der Waals surface area contributed by atoms with Crippen molar-refractivity contribution in [2.75, 3.05) is 18.6 Å². The van der Waals surface area contributed by atoms with Crippen LogP contribution in [0.25, 0.3) is 11.0 Å². The summed E-state index contributed by atoms with van der Waals surface area (Å²) in [6.45, 7) is 1.87. The Hall–Kier alpha value is -1.66. The molecule has 0 saturated heterocycles. The molecule has 5 nitrogen and oxygen atoms in total. The molecule has 0 fully saturated rings. The van der Waals surface area contributed by atoms with Gasteiger partial charge in [0.2, 0.25) is 0 Å². The molecule has 0 bridgehead atoms. The van der Waals surface area contributed by atoms with E-state index in [0.29, 0.717) is 11.3 Å². The predicted molar refractivity (Wildman–Crippen MR) is 80.9 cm³/mol. The topological polar surface area (TPSA) is 75.1 Å². The number of thioether (sulfide) groups is 1. The minimum atomic E-state index is -0.931. The van der Waals surface area contributed by atoms with Crippen molar-refractivity contribution in [3.8, 4) is 0 Å². The lowest BCUT2D eigenvalue weighted by Crippen LogP contribution is -2.42. The van der Waals surface area contributed by atoms with Crippen molar-refractivity contribution < 1.29 is 9.90 Å². The minimum Gasteiger partial charge on any atom is -0.387 e. The molecule has 0 saturated carbocycles. The predicted octanol–water partition coefficient (Wildman–Crippen LogP) is 1.47. The van der Waals surface area contributed by atoms with Gasteiger partial charge in [0.1, 0.15) is 5.69 Å². The van der Waals surface area contributed by atoms with Crippen molar-refractivity contribution in [3.05, 3.63) is 36.2 Å². The van der Waals surface area contributed by atoms with Crippen LogP contribution in [0.3, 0.4) is 0 Å². The smallest absolute Gasteiger partial charge is 0.271 e. The normalized spacial score (nSPS) is 13.9. The number of nitrogens with one attached hydrogen (secondary N) is 1. The number of hydrogen-bond donors (Lipinski definition) is 2. The van der Waals surface area contributed by atoms with Crippen LogP contribution in [-0.4, -0.2) is 45.1 Å². The van der Waals surface area contributed by atoms with Gasteiger partial charge in [-0.25, -0.2) is 4.98 Å². The maximum Gasteiger partial charge on any atom is 0.271 e. The van der Waals surface area contributed by atoms with Crippen LogP contribution in [0.15, 0.2) is 30.5 Å². The first-order chi connectivity index (χ1) is 9.52. The fourth-order valence-corrected chi connectivity index (χ4v) is 2.51. The second-order valence-electron chi connectivity index (χ2n) is 4.86. The first kappa shape index (κ1) is 14.7. The first-order valence-electron chi connectivity index (χ1n) is 6.23. The van der Waals surface area contributed by atoms with Gasteiger partial charge in [0, 0.05) is 12.3 Å². The Morgan fingerprint density at radius 1 is 1.40 bits per heavy atom. The third kappa shape index (κ3) is 3.68. The van der Waals surface area contributed by atoms with E-state index in [1.54, 1.807) is 6.92 Å². The third-order valence-corrected chi connectivity index (χ3v) is 3.68. The standard InChI is InChI=1S/C14H17N3O2S/c1-14(19,9-20-2)8-16-13(18)12-7-15-10-5-3-4-6-11(10)17-12/h3-7,19H,8-9H2,1-2H3,(H,16,18). The lowest BCUT2D eigenvalue weighted by Gasteiger charge is -2.22. The molecule has 1 atom stereocenters. The molecule has 20 heavy (non-hydrogen) atoms. The van der Waals surface area contributed by atoms with Crippen LogP contribution in [-0.2, 0) is 0 Å². The number of benzene rings is 1. The SMILES string of the molecule is CSCC(C)(O)CNC(=O)c1cnc2ccccc2n1. The van der Waals surface area contributed by atoms with Crippen molar-refractivity contribution in [3.63, 3.8) is 0 Å². The van der Waals surface area contributed by atoms with Gasteiger partial charge >= 0.3 is 0 Å². The number of nitrogens with zero attached hydrogens (tertiary/aromatic N) is 2. The fraction of sp³-hybridized carbons (Fsp3) is 0.357. The molecule has 0 aliphatic heterocycles. The van der Waals surface area contributed by atoms with Gasteiger partial charge in [0.15, 0.2) is 0 Å². The second-order valence-corrected chi connectivity index (χ2v) is 5.72. The quantitative estimate of drug-likeness (QED) is 0.872. The summed E-state index contributed by atoms with van der Waals surface area (Å²) in [4.78, 5) is 20.5. The summed E-state index contributed by atoms with van der Waals surface area (Å²) in [5, 5.41) is 12.7. The van der Waals surface area contributed by atoms with Crippen LogP contribution in [0.5, 0.6) is 0 Å². The summed E-state index contributed by atoms with van der Waals surface area (Å²) < 4.78 is 0. The van der Waals surface area contributed by atoms with Gasteiger partial charge in [0.05, 0.1) is 22.8 Å². The number of hydrogen-bond acceptors (Lipinski definition) is 5. The Labute approximate surface area is 121 Å². The summed E-state index contributed by atoms with van der Waals surface area (Å²) in [7, 11) is 0. The highest BCUT2D eigenvalue weighted by atomic mass is 32.2. The van der Waals surface area contributed by atoms with E-state index >= 15 is 0 Å². The first-order valence-corrected chi connectivity index (χ1v) is 7.62. The van der Waals surface area contributed by atoms with Gasteiger partial charge in [-0.15, -0.1) is 0 Å². The Morgan fingerprint density at radius 2 is 2.10 bits per heavy atom. The third-order valence-electron chi connectivity index (χ3n) is 2.77. The molecule has 2 N–H and O–H groups in total. The molecule has 2 aromatic rings. The Morgan fingerprint density at radius 3 is 2.80 bits per heavy atom. The van der Waals surface area contributed by atoms with E-state index in [0.717, 1.165) is 5.52 Å². The number of aliphatic hydroxyl groups is 1. The summed E-state index contributed by atoms with van der Waals surface area (Å²) in [6, 6.07) is 7.37. The molecule has 0 radical (unpaired) electrons. The molecule has 1 unspecified atom stereocenters. The molecule has 1 aromatic heterocycles. The van der Waals surface area contributed by atoms with Gasteiger partial charge in [-0.1, -0.05) is 12.1 Å². The summed E-state index contributed by atoms with van der Waals surface area (Å²) in [5.74, 6) is 0.223. The summed E-state index contributed by atoms with van der Waals surface area (Å²) in [5.41, 5.74) is 0.748. The number of rotatable bonds is 5. The average Bonchev–Trinajstić information content (AvgIpc) is 2.44. The molecule has 106 valence electrons. The van der Waals surface area contributed by atoms with E-state index in [1.807, 2.05) is 30.5 Å². The molecular weight excluding hydrogens is 274 g/mol. The second kappa shape index (κ2) is 6.19. The number of amides is 1. The highest BCUT2D eigenvalue weighted by molar-refractivity contribution is 7.98. The largest absolute Gasteiger partial charge is 0.387 e. The zero-order chi connectivity index (χ0) is 14.6. The van der Waals surface area contributed by atoms with Crippen LogP contribution in [0.2, 0.25) is 0 Å². The number of para-hydroxylation sites is 2. The molecular formula is C14H17N3O2S. The number of carbonyl (C=O) groups is 1. The maximum absolute atomic E-state index is 12.0. The molecule has 1 aromatic carbocycles. The lowest BCUT2D eigenvalue weighted by atomic mass is 10.1. The van der Waals surface area contributed by atoms with Crippen molar-refractivity contribution in [1.29, 1.82) is 0 Å². The van der Waals surface area contributed by atoms with E-state index < -0.39 is 5.60 Å². The monoisotopic (exact) mass is 291 g/mol. The minimum absolute atomic E-state index is 0.182. The van der Waals surface area contributed by atoms with Crippen molar-refractivity contribution in [2.45, 2.75) is 12.5 Å². The summed E-state index contributed by atoms with van der Waals surface area (Å²) >= 11 is 1.53. The fourth-order valence-electron chi connectivity index (χ4n) is 1.79. The van der Waals surface area contributed by atoms with Crippen molar-refractivity contribution in [1.82, 2.24) is 15.3 Å². The van der Waals surface area contributed by atoms with Gasteiger partial charge in [-0.05, 0) is 25.3 Å². The molecule has 0 spiro atoms. The van der Waals surface area contributed by atoms with Crippen LogP contribution in [0.1, 0.15) is 17.4 Å². The maximum atomic E-state index is 12.0. The molecule has 0 aliphatic rings. The Balaban J connectivity index is 2.08. The van der Waals surface area contributed by atoms with Crippen LogP contribution in [0, 0.1) is 0 Å². The number of fused-ring (bicyclic) bond motifs is 1. The van der Waals surface area contributed by atoms with Crippen molar-refractivity contribution >= 4 is 28.7 Å². The van der Waals surface area contributed by atoms with Crippen LogP contribution in [0.4, 0.5) is 0 Å². The van der Waals surface area contributed by atoms with E-state index in [4.69, 9.17) is 0 Å². The van der Waals surface area contributed by atoms with Crippen LogP contribution >= 0.6 is 11.8 Å². The average molecular weight is 291 g/mol. The number of carbonyl (C=O) groups excluding carboxylic acids is 1. The molecule has 1 heterocycles. The number of aromatic nitrogens is 2.